The predicted octanol–water partition coefficient (Wildman–Crippen LogP) is 4.01. The lowest BCUT2D eigenvalue weighted by molar-refractivity contribution is 0.109. The van der Waals surface area contributed by atoms with Crippen LogP contribution in [0.2, 0.25) is 0 Å². The molecule has 0 spiro atoms. The molecule has 2 aromatic carbocycles. The molecule has 1 aliphatic carbocycles. The molecule has 4 aromatic rings. The summed E-state index contributed by atoms with van der Waals surface area (Å²) in [5.41, 5.74) is 2.99. The van der Waals surface area contributed by atoms with Gasteiger partial charge in [-0.3, -0.25) is 4.72 Å². The largest absolute Gasteiger partial charge is 0.497 e. The summed E-state index contributed by atoms with van der Waals surface area (Å²) in [6.07, 6.45) is 6.97. The Bertz CT molecular complexity index is 1510. The van der Waals surface area contributed by atoms with Crippen LogP contribution >= 0.6 is 0 Å². The molecule has 2 aromatic heterocycles. The molecule has 1 aliphatic rings. The Labute approximate surface area is 215 Å². The highest BCUT2D eigenvalue weighted by atomic mass is 32.2. The van der Waals surface area contributed by atoms with Crippen molar-refractivity contribution in [2.45, 2.75) is 43.2 Å². The molecule has 2 heterocycles. The first-order chi connectivity index (χ1) is 17.8. The number of hydrogen-bond acceptors (Lipinski definition) is 8. The van der Waals surface area contributed by atoms with Gasteiger partial charge in [0, 0.05) is 25.0 Å². The molecule has 37 heavy (non-hydrogen) atoms. The lowest BCUT2D eigenvalue weighted by atomic mass is 9.83. The van der Waals surface area contributed by atoms with E-state index in [1.807, 2.05) is 36.4 Å². The molecule has 3 N–H and O–H groups in total. The Balaban J connectivity index is 1.52. The van der Waals surface area contributed by atoms with Crippen molar-refractivity contribution in [3.05, 3.63) is 60.6 Å². The quantitative estimate of drug-likeness (QED) is 0.316. The van der Waals surface area contributed by atoms with Gasteiger partial charge < -0.3 is 19.7 Å². The maximum absolute atomic E-state index is 13.1. The van der Waals surface area contributed by atoms with E-state index in [1.54, 1.807) is 24.8 Å². The second-order valence-corrected chi connectivity index (χ2v) is 11.0. The van der Waals surface area contributed by atoms with Crippen LogP contribution in [-0.2, 0) is 23.5 Å². The second-order valence-electron chi connectivity index (χ2n) is 9.42. The van der Waals surface area contributed by atoms with E-state index in [2.05, 4.69) is 20.0 Å². The fraction of sp³-hybridized carbons (Fsp3) is 0.346. The van der Waals surface area contributed by atoms with E-state index in [-0.39, 0.29) is 22.8 Å². The number of rotatable bonds is 8. The van der Waals surface area contributed by atoms with E-state index in [0.717, 1.165) is 43.4 Å². The number of sulfonamides is 1. The predicted molar refractivity (Wildman–Crippen MR) is 141 cm³/mol. The highest BCUT2D eigenvalue weighted by Gasteiger charge is 2.23. The summed E-state index contributed by atoms with van der Waals surface area (Å²) >= 11 is 0. The zero-order valence-corrected chi connectivity index (χ0v) is 21.6. The van der Waals surface area contributed by atoms with Crippen LogP contribution in [0.4, 0.5) is 17.3 Å². The summed E-state index contributed by atoms with van der Waals surface area (Å²) in [6.45, 7) is 0. The van der Waals surface area contributed by atoms with Crippen molar-refractivity contribution in [3.63, 3.8) is 0 Å². The normalized spacial score (nSPS) is 18.0. The van der Waals surface area contributed by atoms with Crippen molar-refractivity contribution in [2.75, 3.05) is 17.1 Å². The molecule has 0 radical (unpaired) electrons. The van der Waals surface area contributed by atoms with E-state index >= 15 is 0 Å². The van der Waals surface area contributed by atoms with Crippen LogP contribution in [0.25, 0.3) is 11.0 Å². The Kier molecular flexibility index (Phi) is 6.98. The minimum absolute atomic E-state index is 0.0684. The van der Waals surface area contributed by atoms with Crippen LogP contribution in [0.15, 0.2) is 60.0 Å². The standard InChI is InChI=1S/C26H30N6O4S/c1-32-15-24(27-16-32)37(34,35)31-26-25(28-21-5-3-4-6-22(21)29-26)30-23-14-20(36-2)12-9-18(23)13-17-7-10-19(33)11-8-17/h3-6,9,12,14-17,19,33H,7-8,10-11,13H2,1-2H3,(H,28,30)(H,29,31). The van der Waals surface area contributed by atoms with E-state index in [0.29, 0.717) is 22.7 Å². The average molecular weight is 523 g/mol. The van der Waals surface area contributed by atoms with E-state index in [4.69, 9.17) is 9.72 Å². The first kappa shape index (κ1) is 25.0. The van der Waals surface area contributed by atoms with Crippen LogP contribution in [0, 0.1) is 5.92 Å². The van der Waals surface area contributed by atoms with Crippen molar-refractivity contribution < 1.29 is 18.3 Å². The molecule has 0 atom stereocenters. The van der Waals surface area contributed by atoms with Crippen molar-refractivity contribution in [1.29, 1.82) is 0 Å². The van der Waals surface area contributed by atoms with Gasteiger partial charge in [0.2, 0.25) is 0 Å². The first-order valence-electron chi connectivity index (χ1n) is 12.2. The molecular weight excluding hydrogens is 492 g/mol. The summed E-state index contributed by atoms with van der Waals surface area (Å²) < 4.78 is 35.8. The lowest BCUT2D eigenvalue weighted by Crippen LogP contribution is -2.20. The molecular formula is C26H30N6O4S. The average Bonchev–Trinajstić information content (AvgIpc) is 3.34. The Hall–Kier alpha value is -3.70. The van der Waals surface area contributed by atoms with Crippen LogP contribution in [0.3, 0.4) is 0 Å². The molecule has 0 aliphatic heterocycles. The fourth-order valence-corrected chi connectivity index (χ4v) is 5.62. The maximum Gasteiger partial charge on any atom is 0.282 e. The van der Waals surface area contributed by atoms with Gasteiger partial charge in [0.1, 0.15) is 5.75 Å². The lowest BCUT2D eigenvalue weighted by Gasteiger charge is -2.26. The van der Waals surface area contributed by atoms with Gasteiger partial charge in [0.25, 0.3) is 10.0 Å². The molecule has 0 saturated heterocycles. The molecule has 0 unspecified atom stereocenters. The summed E-state index contributed by atoms with van der Waals surface area (Å²) in [7, 11) is -0.698. The number of aliphatic hydroxyl groups is 1. The number of para-hydroxylation sites is 2. The third-order valence-electron chi connectivity index (χ3n) is 6.65. The highest BCUT2D eigenvalue weighted by molar-refractivity contribution is 7.92. The number of fused-ring (bicyclic) bond motifs is 1. The number of aliphatic hydroxyl groups excluding tert-OH is 1. The number of nitrogens with zero attached hydrogens (tertiary/aromatic N) is 4. The third kappa shape index (κ3) is 5.67. The number of ether oxygens (including phenoxy) is 1. The van der Waals surface area contributed by atoms with Gasteiger partial charge in [0.05, 0.1) is 30.6 Å². The smallest absolute Gasteiger partial charge is 0.282 e. The van der Waals surface area contributed by atoms with Crippen LogP contribution in [0.5, 0.6) is 5.75 Å². The Morgan fingerprint density at radius 3 is 2.41 bits per heavy atom. The minimum atomic E-state index is -4.00. The number of methoxy groups -OCH3 is 1. The highest BCUT2D eigenvalue weighted by Crippen LogP contribution is 2.34. The summed E-state index contributed by atoms with van der Waals surface area (Å²) in [4.78, 5) is 13.3. The molecule has 1 saturated carbocycles. The third-order valence-corrected chi connectivity index (χ3v) is 7.88. The van der Waals surface area contributed by atoms with Crippen molar-refractivity contribution >= 4 is 38.4 Å². The molecule has 1 fully saturated rings. The van der Waals surface area contributed by atoms with Crippen molar-refractivity contribution in [1.82, 2.24) is 19.5 Å². The van der Waals surface area contributed by atoms with Crippen LogP contribution in [-0.4, -0.2) is 46.3 Å². The number of anilines is 3. The second kappa shape index (κ2) is 10.3. The monoisotopic (exact) mass is 522 g/mol. The molecule has 11 heteroatoms. The van der Waals surface area contributed by atoms with Gasteiger partial charge in [-0.2, -0.15) is 8.42 Å². The van der Waals surface area contributed by atoms with Crippen LogP contribution < -0.4 is 14.8 Å². The number of benzene rings is 2. The molecule has 0 amide bonds. The number of imidazole rings is 1. The van der Waals surface area contributed by atoms with Gasteiger partial charge in [0.15, 0.2) is 16.7 Å². The minimum Gasteiger partial charge on any atom is -0.497 e. The van der Waals surface area contributed by atoms with Gasteiger partial charge >= 0.3 is 0 Å². The van der Waals surface area contributed by atoms with Gasteiger partial charge in [-0.25, -0.2) is 15.0 Å². The maximum atomic E-state index is 13.1. The van der Waals surface area contributed by atoms with Gasteiger partial charge in [-0.15, -0.1) is 0 Å². The van der Waals surface area contributed by atoms with Crippen molar-refractivity contribution in [3.8, 4) is 5.75 Å². The Morgan fingerprint density at radius 1 is 1.05 bits per heavy atom. The molecule has 194 valence electrons. The molecule has 10 nitrogen and oxygen atoms in total. The van der Waals surface area contributed by atoms with Gasteiger partial charge in [-0.05, 0) is 61.8 Å². The van der Waals surface area contributed by atoms with E-state index in [1.165, 1.54) is 12.5 Å². The number of hydrogen-bond donors (Lipinski definition) is 3. The summed E-state index contributed by atoms with van der Waals surface area (Å²) in [5.74, 6) is 1.45. The SMILES string of the molecule is COc1ccc(CC2CCC(O)CC2)c(Nc2nc3ccccc3nc2NS(=O)(=O)c2cn(C)cn2)c1. The summed E-state index contributed by atoms with van der Waals surface area (Å²) in [5, 5.41) is 13.1. The number of aromatic nitrogens is 4. The fourth-order valence-electron chi connectivity index (χ4n) is 4.63. The zero-order chi connectivity index (χ0) is 26.0. The number of aryl methyl sites for hydroxylation is 1. The van der Waals surface area contributed by atoms with E-state index < -0.39 is 10.0 Å². The topological polar surface area (TPSA) is 131 Å². The Morgan fingerprint density at radius 2 is 1.76 bits per heavy atom. The molecule has 0 bridgehead atoms. The van der Waals surface area contributed by atoms with E-state index in [9.17, 15) is 13.5 Å². The zero-order valence-electron chi connectivity index (χ0n) is 20.8. The van der Waals surface area contributed by atoms with Crippen molar-refractivity contribution in [2.24, 2.45) is 13.0 Å². The first-order valence-corrected chi connectivity index (χ1v) is 13.7. The summed E-state index contributed by atoms with van der Waals surface area (Å²) in [6, 6.07) is 13.1. The number of nitrogens with one attached hydrogen (secondary N) is 2. The van der Waals surface area contributed by atoms with Crippen LogP contribution in [0.1, 0.15) is 31.2 Å². The molecule has 5 rings (SSSR count). The van der Waals surface area contributed by atoms with Gasteiger partial charge in [-0.1, -0.05) is 18.2 Å².